The molecule has 0 radical (unpaired) electrons. The zero-order valence-electron chi connectivity index (χ0n) is 11.0. The summed E-state index contributed by atoms with van der Waals surface area (Å²) >= 11 is 0. The third-order valence-electron chi connectivity index (χ3n) is 2.98. The maximum Gasteiger partial charge on any atom is 0.115 e. The molecule has 0 aliphatic heterocycles. The van der Waals surface area contributed by atoms with Crippen LogP contribution < -0.4 is 0 Å². The molecule has 0 heterocycles. The highest BCUT2D eigenvalue weighted by atomic mass is 16.3. The number of benzene rings is 2. The predicted octanol–water partition coefficient (Wildman–Crippen LogP) is 3.43. The van der Waals surface area contributed by atoms with Gasteiger partial charge in [-0.05, 0) is 55.8 Å². The van der Waals surface area contributed by atoms with E-state index in [4.69, 9.17) is 0 Å². The molecule has 0 saturated carbocycles. The monoisotopic (exact) mass is 252 g/mol. The lowest BCUT2D eigenvalue weighted by molar-refractivity contribution is 0.474. The van der Waals surface area contributed by atoms with Gasteiger partial charge < -0.3 is 10.2 Å². The van der Waals surface area contributed by atoms with Crippen molar-refractivity contribution < 1.29 is 10.2 Å². The molecule has 0 aromatic heterocycles. The van der Waals surface area contributed by atoms with Crippen LogP contribution in [0.15, 0.2) is 48.5 Å². The molecule has 0 bridgehead atoms. The quantitative estimate of drug-likeness (QED) is 0.763. The topological polar surface area (TPSA) is 40.5 Å². The third-order valence-corrected chi connectivity index (χ3v) is 2.98. The lowest BCUT2D eigenvalue weighted by Crippen LogP contribution is -2.13. The van der Waals surface area contributed by atoms with Gasteiger partial charge in [0.05, 0.1) is 5.41 Å². The smallest absolute Gasteiger partial charge is 0.115 e. The van der Waals surface area contributed by atoms with E-state index in [0.29, 0.717) is 0 Å². The Morgan fingerprint density at radius 1 is 0.789 bits per heavy atom. The minimum Gasteiger partial charge on any atom is -0.508 e. The standard InChI is InChI=1S/C17H16O2/c1-17(2,14-5-9-16(19)10-6-14)12-11-13-3-7-15(18)8-4-13/h3-10,18-19H,1-2H3. The van der Waals surface area contributed by atoms with E-state index >= 15 is 0 Å². The van der Waals surface area contributed by atoms with Crippen molar-refractivity contribution in [3.05, 3.63) is 59.7 Å². The second kappa shape index (κ2) is 5.07. The Morgan fingerprint density at radius 3 is 1.79 bits per heavy atom. The van der Waals surface area contributed by atoms with E-state index in [1.165, 1.54) is 0 Å². The molecule has 0 fully saturated rings. The molecule has 0 atom stereocenters. The zero-order chi connectivity index (χ0) is 13.9. The van der Waals surface area contributed by atoms with Crippen molar-refractivity contribution in [2.24, 2.45) is 0 Å². The molecule has 2 heteroatoms. The van der Waals surface area contributed by atoms with Crippen LogP contribution in [0.4, 0.5) is 0 Å². The summed E-state index contributed by atoms with van der Waals surface area (Å²) in [6, 6.07) is 13.9. The SMILES string of the molecule is CC(C)(C#Cc1ccc(O)cc1)c1ccc(O)cc1. The van der Waals surface area contributed by atoms with E-state index < -0.39 is 0 Å². The first-order valence-corrected chi connectivity index (χ1v) is 6.09. The lowest BCUT2D eigenvalue weighted by Gasteiger charge is -2.18. The van der Waals surface area contributed by atoms with Gasteiger partial charge in [-0.1, -0.05) is 24.0 Å². The first-order valence-electron chi connectivity index (χ1n) is 6.09. The molecule has 2 rings (SSSR count). The van der Waals surface area contributed by atoms with Crippen LogP contribution >= 0.6 is 0 Å². The van der Waals surface area contributed by atoms with Crippen molar-refractivity contribution in [1.29, 1.82) is 0 Å². The molecule has 2 nitrogen and oxygen atoms in total. The van der Waals surface area contributed by atoms with Crippen molar-refractivity contribution in [3.63, 3.8) is 0 Å². The molecular weight excluding hydrogens is 236 g/mol. The maximum absolute atomic E-state index is 9.30. The van der Waals surface area contributed by atoms with Crippen LogP contribution in [-0.4, -0.2) is 10.2 Å². The Labute approximate surface area is 113 Å². The van der Waals surface area contributed by atoms with Crippen molar-refractivity contribution in [1.82, 2.24) is 0 Å². The number of rotatable bonds is 1. The molecule has 0 amide bonds. The summed E-state index contributed by atoms with van der Waals surface area (Å²) in [7, 11) is 0. The van der Waals surface area contributed by atoms with E-state index in [1.807, 2.05) is 26.0 Å². The lowest BCUT2D eigenvalue weighted by atomic mass is 9.85. The van der Waals surface area contributed by atoms with Gasteiger partial charge in [-0.2, -0.15) is 0 Å². The summed E-state index contributed by atoms with van der Waals surface area (Å²) in [6.45, 7) is 4.07. The average molecular weight is 252 g/mol. The summed E-state index contributed by atoms with van der Waals surface area (Å²) in [4.78, 5) is 0. The van der Waals surface area contributed by atoms with Gasteiger partial charge in [-0.25, -0.2) is 0 Å². The van der Waals surface area contributed by atoms with Crippen LogP contribution in [0.5, 0.6) is 11.5 Å². The van der Waals surface area contributed by atoms with Gasteiger partial charge in [0.2, 0.25) is 0 Å². The molecule has 2 N–H and O–H groups in total. The summed E-state index contributed by atoms with van der Waals surface area (Å²) in [6.07, 6.45) is 0. The van der Waals surface area contributed by atoms with Crippen molar-refractivity contribution in [2.45, 2.75) is 19.3 Å². The second-order valence-corrected chi connectivity index (χ2v) is 4.97. The van der Waals surface area contributed by atoms with Gasteiger partial charge >= 0.3 is 0 Å². The van der Waals surface area contributed by atoms with Crippen molar-refractivity contribution >= 4 is 0 Å². The van der Waals surface area contributed by atoms with Gasteiger partial charge in [0, 0.05) is 5.56 Å². The summed E-state index contributed by atoms with van der Waals surface area (Å²) in [5.74, 6) is 6.81. The van der Waals surface area contributed by atoms with E-state index in [1.54, 1.807) is 36.4 Å². The Bertz CT molecular complexity index is 611. The fraction of sp³-hybridized carbons (Fsp3) is 0.176. The Hall–Kier alpha value is -2.40. The zero-order valence-corrected chi connectivity index (χ0v) is 11.0. The predicted molar refractivity (Wildman–Crippen MR) is 76.1 cm³/mol. The Kier molecular flexibility index (Phi) is 3.48. The molecule has 0 aliphatic rings. The molecule has 96 valence electrons. The highest BCUT2D eigenvalue weighted by Crippen LogP contribution is 2.24. The molecule has 0 spiro atoms. The van der Waals surface area contributed by atoms with Gasteiger partial charge in [-0.15, -0.1) is 0 Å². The van der Waals surface area contributed by atoms with Crippen molar-refractivity contribution in [3.8, 4) is 23.3 Å². The van der Waals surface area contributed by atoms with E-state index in [-0.39, 0.29) is 16.9 Å². The maximum atomic E-state index is 9.30. The largest absolute Gasteiger partial charge is 0.508 e. The minimum absolute atomic E-state index is 0.239. The molecule has 0 saturated heterocycles. The highest BCUT2D eigenvalue weighted by molar-refractivity contribution is 5.43. The van der Waals surface area contributed by atoms with E-state index in [2.05, 4.69) is 11.8 Å². The fourth-order valence-corrected chi connectivity index (χ4v) is 1.72. The minimum atomic E-state index is -0.300. The van der Waals surface area contributed by atoms with Gasteiger partial charge in [-0.3, -0.25) is 0 Å². The van der Waals surface area contributed by atoms with Crippen LogP contribution in [-0.2, 0) is 5.41 Å². The van der Waals surface area contributed by atoms with Gasteiger partial charge in [0.1, 0.15) is 11.5 Å². The third kappa shape index (κ3) is 3.29. The van der Waals surface area contributed by atoms with Gasteiger partial charge in [0.25, 0.3) is 0 Å². The van der Waals surface area contributed by atoms with Crippen LogP contribution in [0.3, 0.4) is 0 Å². The van der Waals surface area contributed by atoms with Gasteiger partial charge in [0.15, 0.2) is 0 Å². The van der Waals surface area contributed by atoms with Crippen LogP contribution in [0, 0.1) is 11.8 Å². The Balaban J connectivity index is 2.26. The van der Waals surface area contributed by atoms with E-state index in [0.717, 1.165) is 11.1 Å². The van der Waals surface area contributed by atoms with E-state index in [9.17, 15) is 10.2 Å². The average Bonchev–Trinajstić information content (AvgIpc) is 2.39. The molecule has 2 aromatic rings. The van der Waals surface area contributed by atoms with Crippen LogP contribution in [0.2, 0.25) is 0 Å². The van der Waals surface area contributed by atoms with Crippen LogP contribution in [0.25, 0.3) is 0 Å². The number of hydrogen-bond donors (Lipinski definition) is 2. The normalized spacial score (nSPS) is 10.6. The second-order valence-electron chi connectivity index (χ2n) is 4.97. The molecule has 0 unspecified atom stereocenters. The fourth-order valence-electron chi connectivity index (χ4n) is 1.72. The van der Waals surface area contributed by atoms with Crippen LogP contribution in [0.1, 0.15) is 25.0 Å². The summed E-state index contributed by atoms with van der Waals surface area (Å²) < 4.78 is 0. The first kappa shape index (κ1) is 13.0. The summed E-state index contributed by atoms with van der Waals surface area (Å²) in [5, 5.41) is 18.5. The molecule has 0 aliphatic carbocycles. The first-order chi connectivity index (χ1) is 8.97. The van der Waals surface area contributed by atoms with Crippen molar-refractivity contribution in [2.75, 3.05) is 0 Å². The molecular formula is C17H16O2. The number of phenols is 2. The number of hydrogen-bond acceptors (Lipinski definition) is 2. The number of aromatic hydroxyl groups is 2. The molecule has 2 aromatic carbocycles. The molecule has 19 heavy (non-hydrogen) atoms. The number of phenolic OH excluding ortho intramolecular Hbond substituents is 2. The Morgan fingerprint density at radius 2 is 1.26 bits per heavy atom. The highest BCUT2D eigenvalue weighted by Gasteiger charge is 2.17. The summed E-state index contributed by atoms with van der Waals surface area (Å²) in [5.41, 5.74) is 1.62.